The van der Waals surface area contributed by atoms with Crippen molar-refractivity contribution in [3.05, 3.63) is 17.8 Å². The predicted molar refractivity (Wildman–Crippen MR) is 51.6 cm³/mol. The third kappa shape index (κ3) is 2.21. The number of nitrogens with two attached hydrogens (primary N) is 1. The number of nitrogens with zero attached hydrogens (tertiary/aromatic N) is 4. The zero-order chi connectivity index (χ0) is 10.8. The van der Waals surface area contributed by atoms with E-state index < -0.39 is 5.82 Å². The number of H-pyrrole nitrogens is 1. The Kier molecular flexibility index (Phi) is 2.50. The molecule has 0 saturated carbocycles. The Morgan fingerprint density at radius 2 is 2.27 bits per heavy atom. The number of aromatic nitrogens is 5. The second-order valence-corrected chi connectivity index (χ2v) is 3.64. The van der Waals surface area contributed by atoms with Crippen LogP contribution in [0.2, 0.25) is 0 Å². The van der Waals surface area contributed by atoms with Crippen molar-refractivity contribution >= 4 is 17.7 Å². The second kappa shape index (κ2) is 3.81. The summed E-state index contributed by atoms with van der Waals surface area (Å²) in [5.41, 5.74) is 5.34. The Bertz CT molecular complexity index is 484. The van der Waals surface area contributed by atoms with E-state index in [-0.39, 0.29) is 11.0 Å². The minimum atomic E-state index is -0.545. The van der Waals surface area contributed by atoms with E-state index in [0.29, 0.717) is 11.0 Å². The fraction of sp³-hybridized carbons (Fsp3) is 0.143. The van der Waals surface area contributed by atoms with E-state index in [2.05, 4.69) is 25.1 Å². The molecule has 2 rings (SSSR count). The zero-order valence-electron chi connectivity index (χ0n) is 7.73. The summed E-state index contributed by atoms with van der Waals surface area (Å²) in [6.45, 7) is 1.75. The third-order valence-corrected chi connectivity index (χ3v) is 2.34. The Morgan fingerprint density at radius 3 is 2.93 bits per heavy atom. The summed E-state index contributed by atoms with van der Waals surface area (Å²) in [6.07, 6.45) is 1.02. The molecular formula is C7H7FN6S. The minimum Gasteiger partial charge on any atom is -0.368 e. The number of hydrogen-bond donors (Lipinski definition) is 2. The molecule has 0 fully saturated rings. The molecule has 6 nitrogen and oxygen atoms in total. The van der Waals surface area contributed by atoms with Gasteiger partial charge in [0, 0.05) is 0 Å². The van der Waals surface area contributed by atoms with Gasteiger partial charge in [0.2, 0.25) is 11.1 Å². The summed E-state index contributed by atoms with van der Waals surface area (Å²) in [5, 5.41) is 6.99. The van der Waals surface area contributed by atoms with Crippen LogP contribution in [0.15, 0.2) is 16.4 Å². The summed E-state index contributed by atoms with van der Waals surface area (Å²) in [4.78, 5) is 11.3. The topological polar surface area (TPSA) is 93.4 Å². The molecule has 0 amide bonds. The van der Waals surface area contributed by atoms with Crippen LogP contribution >= 0.6 is 11.8 Å². The lowest BCUT2D eigenvalue weighted by Crippen LogP contribution is -1.97. The number of rotatable bonds is 2. The number of anilines is 1. The normalized spacial score (nSPS) is 10.5. The van der Waals surface area contributed by atoms with E-state index in [1.165, 1.54) is 0 Å². The molecule has 2 heterocycles. The van der Waals surface area contributed by atoms with Crippen LogP contribution in [-0.4, -0.2) is 25.1 Å². The molecule has 15 heavy (non-hydrogen) atoms. The highest BCUT2D eigenvalue weighted by Crippen LogP contribution is 2.24. The van der Waals surface area contributed by atoms with E-state index in [0.717, 1.165) is 18.0 Å². The molecule has 8 heteroatoms. The monoisotopic (exact) mass is 226 g/mol. The predicted octanol–water partition coefficient (Wildman–Crippen LogP) is 0.776. The first-order chi connectivity index (χ1) is 7.15. The number of halogens is 1. The van der Waals surface area contributed by atoms with Gasteiger partial charge in [-0.3, -0.25) is 5.10 Å². The van der Waals surface area contributed by atoms with Gasteiger partial charge in [0.05, 0.1) is 6.20 Å². The minimum absolute atomic E-state index is 0.0196. The summed E-state index contributed by atoms with van der Waals surface area (Å²) in [7, 11) is 0. The molecule has 2 aromatic heterocycles. The maximum Gasteiger partial charge on any atom is 0.221 e. The second-order valence-electron chi connectivity index (χ2n) is 2.69. The van der Waals surface area contributed by atoms with E-state index in [4.69, 9.17) is 5.73 Å². The highest BCUT2D eigenvalue weighted by Gasteiger charge is 2.10. The highest BCUT2D eigenvalue weighted by molar-refractivity contribution is 7.99. The van der Waals surface area contributed by atoms with Gasteiger partial charge in [0.25, 0.3) is 0 Å². The van der Waals surface area contributed by atoms with Crippen molar-refractivity contribution < 1.29 is 4.39 Å². The lowest BCUT2D eigenvalue weighted by atomic mass is 10.6. The molecule has 0 aliphatic heterocycles. The SMILES string of the molecule is Cc1nc(Sc2nc(N)ncc2F)n[nH]1. The van der Waals surface area contributed by atoms with Crippen LogP contribution in [0.3, 0.4) is 0 Å². The van der Waals surface area contributed by atoms with Crippen molar-refractivity contribution in [1.29, 1.82) is 0 Å². The van der Waals surface area contributed by atoms with Crippen LogP contribution in [0.5, 0.6) is 0 Å². The molecule has 0 aliphatic carbocycles. The molecule has 0 aliphatic rings. The number of nitrogen functional groups attached to an aromatic ring is 1. The van der Waals surface area contributed by atoms with Crippen molar-refractivity contribution in [2.75, 3.05) is 5.73 Å². The molecule has 0 aromatic carbocycles. The van der Waals surface area contributed by atoms with E-state index >= 15 is 0 Å². The first kappa shape index (κ1) is 9.84. The first-order valence-electron chi connectivity index (χ1n) is 4.00. The maximum absolute atomic E-state index is 13.2. The van der Waals surface area contributed by atoms with Crippen LogP contribution in [-0.2, 0) is 0 Å². The Hall–Kier alpha value is -1.70. The van der Waals surface area contributed by atoms with Gasteiger partial charge in [0.15, 0.2) is 5.82 Å². The number of hydrogen-bond acceptors (Lipinski definition) is 6. The fourth-order valence-electron chi connectivity index (χ4n) is 0.890. The molecule has 0 spiro atoms. The third-order valence-electron chi connectivity index (χ3n) is 1.50. The van der Waals surface area contributed by atoms with E-state index in [1.54, 1.807) is 6.92 Å². The molecule has 2 aromatic rings. The first-order valence-corrected chi connectivity index (χ1v) is 4.81. The van der Waals surface area contributed by atoms with Crippen molar-refractivity contribution in [3.8, 4) is 0 Å². The van der Waals surface area contributed by atoms with Gasteiger partial charge in [-0.15, -0.1) is 5.10 Å². The molecule has 3 N–H and O–H groups in total. The lowest BCUT2D eigenvalue weighted by molar-refractivity contribution is 0.580. The van der Waals surface area contributed by atoms with Crippen molar-refractivity contribution in [2.45, 2.75) is 17.1 Å². The van der Waals surface area contributed by atoms with Crippen LogP contribution in [0, 0.1) is 12.7 Å². The molecule has 78 valence electrons. The summed E-state index contributed by atoms with van der Waals surface area (Å²) < 4.78 is 13.2. The molecule has 0 radical (unpaired) electrons. The number of aryl methyl sites for hydroxylation is 1. The van der Waals surface area contributed by atoms with Crippen molar-refractivity contribution in [3.63, 3.8) is 0 Å². The van der Waals surface area contributed by atoms with Crippen LogP contribution < -0.4 is 5.73 Å². The quantitative estimate of drug-likeness (QED) is 0.735. The Balaban J connectivity index is 2.27. The molecule has 0 saturated heterocycles. The van der Waals surface area contributed by atoms with Gasteiger partial charge >= 0.3 is 0 Å². The van der Waals surface area contributed by atoms with Crippen LogP contribution in [0.25, 0.3) is 0 Å². The molecule has 0 atom stereocenters. The van der Waals surface area contributed by atoms with E-state index in [9.17, 15) is 4.39 Å². The van der Waals surface area contributed by atoms with Crippen LogP contribution in [0.4, 0.5) is 10.3 Å². The van der Waals surface area contributed by atoms with Gasteiger partial charge in [-0.1, -0.05) is 0 Å². The van der Waals surface area contributed by atoms with Gasteiger partial charge < -0.3 is 5.73 Å². The van der Waals surface area contributed by atoms with Crippen LogP contribution in [0.1, 0.15) is 5.82 Å². The highest BCUT2D eigenvalue weighted by atomic mass is 32.2. The largest absolute Gasteiger partial charge is 0.368 e. The number of nitrogens with one attached hydrogen (secondary N) is 1. The number of aromatic amines is 1. The molecule has 0 bridgehead atoms. The van der Waals surface area contributed by atoms with Gasteiger partial charge in [-0.25, -0.2) is 19.3 Å². The maximum atomic E-state index is 13.2. The van der Waals surface area contributed by atoms with Gasteiger partial charge in [0.1, 0.15) is 10.9 Å². The lowest BCUT2D eigenvalue weighted by Gasteiger charge is -1.98. The zero-order valence-corrected chi connectivity index (χ0v) is 8.55. The molecular weight excluding hydrogens is 219 g/mol. The standard InChI is InChI=1S/C7H7FN6S/c1-3-11-7(14-13-3)15-5-4(8)2-10-6(9)12-5/h2H,1H3,(H2,9,10,12)(H,11,13,14). The average molecular weight is 226 g/mol. The Labute approximate surface area is 88.5 Å². The van der Waals surface area contributed by atoms with Gasteiger partial charge in [-0.05, 0) is 18.7 Å². The molecule has 0 unspecified atom stereocenters. The van der Waals surface area contributed by atoms with Crippen molar-refractivity contribution in [1.82, 2.24) is 25.1 Å². The summed E-state index contributed by atoms with van der Waals surface area (Å²) in [6, 6.07) is 0. The van der Waals surface area contributed by atoms with Gasteiger partial charge in [-0.2, -0.15) is 0 Å². The van der Waals surface area contributed by atoms with E-state index in [1.807, 2.05) is 0 Å². The summed E-state index contributed by atoms with van der Waals surface area (Å²) in [5.74, 6) is 0.128. The van der Waals surface area contributed by atoms with Crippen molar-refractivity contribution in [2.24, 2.45) is 0 Å². The smallest absolute Gasteiger partial charge is 0.221 e. The Morgan fingerprint density at radius 1 is 1.47 bits per heavy atom. The fourth-order valence-corrected chi connectivity index (χ4v) is 1.63. The average Bonchev–Trinajstić information content (AvgIpc) is 2.58. The summed E-state index contributed by atoms with van der Waals surface area (Å²) >= 11 is 0.990.